The molecular formula is C12H11BrN4O3. The Hall–Kier alpha value is -2.22. The van der Waals surface area contributed by atoms with Crippen LogP contribution in [0.1, 0.15) is 11.3 Å². The van der Waals surface area contributed by atoms with Gasteiger partial charge in [-0.25, -0.2) is 4.98 Å². The van der Waals surface area contributed by atoms with Crippen LogP contribution in [0.5, 0.6) is 0 Å². The zero-order chi connectivity index (χ0) is 14.9. The summed E-state index contributed by atoms with van der Waals surface area (Å²) in [5.74, 6) is 0.330. The number of pyridine rings is 2. The predicted molar refractivity (Wildman–Crippen MR) is 77.5 cm³/mol. The topological polar surface area (TPSA) is 104 Å². The summed E-state index contributed by atoms with van der Waals surface area (Å²) in [6.45, 7) is 1.64. The highest BCUT2D eigenvalue weighted by Crippen LogP contribution is 2.22. The molecule has 0 aliphatic rings. The molecule has 0 aliphatic heterocycles. The largest absolute Gasteiger partial charge is 0.384 e. The van der Waals surface area contributed by atoms with Crippen molar-refractivity contribution in [1.29, 1.82) is 0 Å². The van der Waals surface area contributed by atoms with Crippen LogP contribution >= 0.6 is 15.9 Å². The van der Waals surface area contributed by atoms with E-state index in [0.717, 1.165) is 0 Å². The first-order chi connectivity index (χ1) is 9.40. The minimum Gasteiger partial charge on any atom is -0.384 e. The van der Waals surface area contributed by atoms with Crippen molar-refractivity contribution < 1.29 is 4.92 Å². The fourth-order valence-corrected chi connectivity index (χ4v) is 2.20. The Kier molecular flexibility index (Phi) is 3.84. The van der Waals surface area contributed by atoms with Gasteiger partial charge in [0.15, 0.2) is 0 Å². The van der Waals surface area contributed by atoms with Crippen LogP contribution in [0.15, 0.2) is 33.7 Å². The molecule has 2 N–H and O–H groups in total. The van der Waals surface area contributed by atoms with Gasteiger partial charge in [-0.1, -0.05) is 6.07 Å². The van der Waals surface area contributed by atoms with E-state index in [1.807, 2.05) is 0 Å². The molecule has 2 aromatic rings. The Morgan fingerprint density at radius 2 is 2.20 bits per heavy atom. The molecule has 0 atom stereocenters. The predicted octanol–water partition coefficient (Wildman–Crippen LogP) is 1.85. The van der Waals surface area contributed by atoms with E-state index in [1.54, 1.807) is 18.2 Å². The quantitative estimate of drug-likeness (QED) is 0.679. The maximum Gasteiger partial charge on any atom is 0.289 e. The van der Waals surface area contributed by atoms with Crippen molar-refractivity contribution in [2.45, 2.75) is 13.5 Å². The third-order valence-electron chi connectivity index (χ3n) is 2.80. The summed E-state index contributed by atoms with van der Waals surface area (Å²) in [5, 5.41) is 11.0. The number of rotatable bonds is 3. The molecule has 2 rings (SSSR count). The molecule has 104 valence electrons. The number of hydrogen-bond acceptors (Lipinski definition) is 5. The Morgan fingerprint density at radius 1 is 1.50 bits per heavy atom. The van der Waals surface area contributed by atoms with Crippen LogP contribution in [-0.2, 0) is 6.54 Å². The molecule has 0 radical (unpaired) electrons. The van der Waals surface area contributed by atoms with Crippen LogP contribution in [0.2, 0.25) is 0 Å². The van der Waals surface area contributed by atoms with Crippen molar-refractivity contribution in [1.82, 2.24) is 9.55 Å². The SMILES string of the molecule is Cc1c([N+](=O)[O-])cn(Cc2cccc(N)n2)c(=O)c1Br. The lowest BCUT2D eigenvalue weighted by atomic mass is 10.2. The van der Waals surface area contributed by atoms with Crippen molar-refractivity contribution in [2.24, 2.45) is 0 Å². The zero-order valence-electron chi connectivity index (χ0n) is 10.5. The third kappa shape index (κ3) is 2.69. The van der Waals surface area contributed by atoms with E-state index in [0.29, 0.717) is 17.1 Å². The summed E-state index contributed by atoms with van der Waals surface area (Å²) >= 11 is 3.09. The van der Waals surface area contributed by atoms with Gasteiger partial charge in [-0.2, -0.15) is 0 Å². The average molecular weight is 339 g/mol. The zero-order valence-corrected chi connectivity index (χ0v) is 12.1. The third-order valence-corrected chi connectivity index (χ3v) is 3.73. The molecule has 0 saturated carbocycles. The monoisotopic (exact) mass is 338 g/mol. The minimum absolute atomic E-state index is 0.115. The summed E-state index contributed by atoms with van der Waals surface area (Å²) < 4.78 is 1.41. The lowest BCUT2D eigenvalue weighted by Gasteiger charge is -2.08. The first-order valence-electron chi connectivity index (χ1n) is 5.65. The van der Waals surface area contributed by atoms with E-state index >= 15 is 0 Å². The summed E-state index contributed by atoms with van der Waals surface area (Å²) in [7, 11) is 0. The molecule has 0 fully saturated rings. The highest BCUT2D eigenvalue weighted by molar-refractivity contribution is 9.10. The molecule has 0 unspecified atom stereocenters. The molecule has 2 heterocycles. The van der Waals surface area contributed by atoms with Crippen LogP contribution in [-0.4, -0.2) is 14.5 Å². The van der Waals surface area contributed by atoms with Crippen molar-refractivity contribution in [3.63, 3.8) is 0 Å². The first-order valence-corrected chi connectivity index (χ1v) is 6.45. The fourth-order valence-electron chi connectivity index (χ4n) is 1.76. The van der Waals surface area contributed by atoms with Gasteiger partial charge >= 0.3 is 0 Å². The van der Waals surface area contributed by atoms with E-state index in [1.165, 1.54) is 17.7 Å². The number of nitrogen functional groups attached to an aromatic ring is 1. The van der Waals surface area contributed by atoms with Gasteiger partial charge in [0.1, 0.15) is 5.82 Å². The van der Waals surface area contributed by atoms with Gasteiger partial charge in [0.05, 0.1) is 27.8 Å². The Balaban J connectivity index is 2.52. The molecule has 0 amide bonds. The van der Waals surface area contributed by atoms with E-state index in [2.05, 4.69) is 20.9 Å². The van der Waals surface area contributed by atoms with Crippen LogP contribution in [0.4, 0.5) is 11.5 Å². The van der Waals surface area contributed by atoms with Crippen LogP contribution in [0.25, 0.3) is 0 Å². The number of hydrogen-bond donors (Lipinski definition) is 1. The van der Waals surface area contributed by atoms with Gasteiger partial charge in [0.2, 0.25) is 0 Å². The minimum atomic E-state index is -0.525. The van der Waals surface area contributed by atoms with Crippen LogP contribution in [0.3, 0.4) is 0 Å². The lowest BCUT2D eigenvalue weighted by Crippen LogP contribution is -2.23. The molecule has 7 nitrogen and oxygen atoms in total. The molecule has 8 heteroatoms. The average Bonchev–Trinajstić information content (AvgIpc) is 2.39. The van der Waals surface area contributed by atoms with E-state index < -0.39 is 4.92 Å². The number of nitrogens with two attached hydrogens (primary N) is 1. The van der Waals surface area contributed by atoms with Gasteiger partial charge in [0, 0.05) is 5.56 Å². The molecule has 20 heavy (non-hydrogen) atoms. The molecule has 0 bridgehead atoms. The summed E-state index contributed by atoms with van der Waals surface area (Å²) in [5.41, 5.74) is 5.95. The highest BCUT2D eigenvalue weighted by atomic mass is 79.9. The molecule has 0 aromatic carbocycles. The number of aromatic nitrogens is 2. The maximum absolute atomic E-state index is 12.1. The summed E-state index contributed by atoms with van der Waals surface area (Å²) in [6, 6.07) is 5.03. The highest BCUT2D eigenvalue weighted by Gasteiger charge is 2.18. The summed E-state index contributed by atoms with van der Waals surface area (Å²) in [4.78, 5) is 26.6. The Bertz CT molecular complexity index is 742. The van der Waals surface area contributed by atoms with E-state index in [4.69, 9.17) is 5.73 Å². The fraction of sp³-hybridized carbons (Fsp3) is 0.167. The van der Waals surface area contributed by atoms with Crippen molar-refractivity contribution in [3.05, 3.63) is 60.6 Å². The second-order valence-corrected chi connectivity index (χ2v) is 4.99. The lowest BCUT2D eigenvalue weighted by molar-refractivity contribution is -0.386. The molecule has 0 saturated heterocycles. The smallest absolute Gasteiger partial charge is 0.289 e. The van der Waals surface area contributed by atoms with E-state index in [9.17, 15) is 14.9 Å². The van der Waals surface area contributed by atoms with Gasteiger partial charge in [0.25, 0.3) is 11.2 Å². The van der Waals surface area contributed by atoms with E-state index in [-0.39, 0.29) is 22.3 Å². The van der Waals surface area contributed by atoms with Gasteiger partial charge in [-0.15, -0.1) is 0 Å². The number of anilines is 1. The number of nitrogens with zero attached hydrogens (tertiary/aromatic N) is 3. The second kappa shape index (κ2) is 5.41. The van der Waals surface area contributed by atoms with Gasteiger partial charge in [-0.05, 0) is 35.0 Å². The maximum atomic E-state index is 12.1. The van der Waals surface area contributed by atoms with Crippen molar-refractivity contribution >= 4 is 27.4 Å². The Morgan fingerprint density at radius 3 is 2.80 bits per heavy atom. The molecule has 0 aliphatic carbocycles. The standard InChI is InChI=1S/C12H11BrN4O3/c1-7-9(17(19)20)6-16(12(18)11(7)13)5-8-3-2-4-10(14)15-8/h2-4,6H,5H2,1H3,(H2,14,15). The van der Waals surface area contributed by atoms with Crippen LogP contribution < -0.4 is 11.3 Å². The molecule has 0 spiro atoms. The van der Waals surface area contributed by atoms with Gasteiger partial charge in [-0.3, -0.25) is 14.9 Å². The van der Waals surface area contributed by atoms with Gasteiger partial charge < -0.3 is 10.3 Å². The molecule has 2 aromatic heterocycles. The van der Waals surface area contributed by atoms with Crippen molar-refractivity contribution in [2.75, 3.05) is 5.73 Å². The van der Waals surface area contributed by atoms with Crippen LogP contribution in [0, 0.1) is 17.0 Å². The number of nitro groups is 1. The number of halogens is 1. The van der Waals surface area contributed by atoms with Crippen molar-refractivity contribution in [3.8, 4) is 0 Å². The first kappa shape index (κ1) is 14.2. The summed E-state index contributed by atoms with van der Waals surface area (Å²) in [6.07, 6.45) is 1.22. The Labute approximate surface area is 122 Å². The normalized spacial score (nSPS) is 10.5. The second-order valence-electron chi connectivity index (χ2n) is 4.20. The molecular weight excluding hydrogens is 328 g/mol.